The predicted molar refractivity (Wildman–Crippen MR) is 81.9 cm³/mol. The molecule has 0 aliphatic heterocycles. The number of aromatic nitrogens is 1. The van der Waals surface area contributed by atoms with Crippen LogP contribution in [0.1, 0.15) is 63.8 Å². The summed E-state index contributed by atoms with van der Waals surface area (Å²) in [4.78, 5) is 4.73. The number of oxazole rings is 1. The van der Waals surface area contributed by atoms with E-state index in [-0.39, 0.29) is 5.41 Å². The molecule has 3 rings (SSSR count). The van der Waals surface area contributed by atoms with Gasteiger partial charge in [-0.05, 0) is 48.8 Å². The Labute approximate surface area is 120 Å². The lowest BCUT2D eigenvalue weighted by Gasteiger charge is -2.23. The average molecular weight is 272 g/mol. The summed E-state index contributed by atoms with van der Waals surface area (Å²) in [5, 5.41) is 0. The SMILES string of the molecule is CC(C)(C)c1ccc2oc(C3CCC(N)CC3)nc2c1. The molecule has 3 heteroatoms. The zero-order chi connectivity index (χ0) is 14.3. The highest BCUT2D eigenvalue weighted by Gasteiger charge is 2.24. The number of nitrogens with zero attached hydrogens (tertiary/aromatic N) is 1. The number of rotatable bonds is 1. The summed E-state index contributed by atoms with van der Waals surface area (Å²) in [6.45, 7) is 6.66. The third kappa shape index (κ3) is 2.59. The molecule has 1 saturated carbocycles. The van der Waals surface area contributed by atoms with Gasteiger partial charge in [-0.1, -0.05) is 26.8 Å². The van der Waals surface area contributed by atoms with Gasteiger partial charge >= 0.3 is 0 Å². The first-order valence-electron chi connectivity index (χ1n) is 7.60. The predicted octanol–water partition coefficient (Wildman–Crippen LogP) is 4.11. The van der Waals surface area contributed by atoms with E-state index in [9.17, 15) is 0 Å². The fourth-order valence-corrected chi connectivity index (χ4v) is 2.95. The molecule has 20 heavy (non-hydrogen) atoms. The number of nitrogens with two attached hydrogens (primary N) is 1. The van der Waals surface area contributed by atoms with Gasteiger partial charge in [0.15, 0.2) is 11.5 Å². The van der Waals surface area contributed by atoms with Crippen LogP contribution >= 0.6 is 0 Å². The van der Waals surface area contributed by atoms with Crippen LogP contribution in [-0.2, 0) is 5.41 Å². The molecule has 2 aromatic rings. The van der Waals surface area contributed by atoms with Gasteiger partial charge in [0.05, 0.1) is 0 Å². The van der Waals surface area contributed by atoms with Gasteiger partial charge in [-0.25, -0.2) is 4.98 Å². The highest BCUT2D eigenvalue weighted by atomic mass is 16.3. The van der Waals surface area contributed by atoms with Gasteiger partial charge in [-0.2, -0.15) is 0 Å². The second-order valence-electron chi connectivity index (χ2n) is 7.10. The van der Waals surface area contributed by atoms with Crippen molar-refractivity contribution in [2.24, 2.45) is 5.73 Å². The number of benzene rings is 1. The fourth-order valence-electron chi connectivity index (χ4n) is 2.95. The maximum atomic E-state index is 5.97. The minimum atomic E-state index is 0.144. The molecule has 0 amide bonds. The summed E-state index contributed by atoms with van der Waals surface area (Å²) in [6, 6.07) is 6.73. The lowest BCUT2D eigenvalue weighted by Crippen LogP contribution is -2.25. The van der Waals surface area contributed by atoms with E-state index >= 15 is 0 Å². The summed E-state index contributed by atoms with van der Waals surface area (Å²) < 4.78 is 5.96. The Bertz CT molecular complexity index is 601. The van der Waals surface area contributed by atoms with E-state index in [2.05, 4.69) is 39.0 Å². The first kappa shape index (κ1) is 13.6. The lowest BCUT2D eigenvalue weighted by molar-refractivity contribution is 0.346. The second-order valence-corrected chi connectivity index (χ2v) is 7.10. The molecular formula is C17H24N2O. The normalized spacial score (nSPS) is 24.2. The first-order valence-corrected chi connectivity index (χ1v) is 7.60. The Morgan fingerprint density at radius 2 is 1.85 bits per heavy atom. The van der Waals surface area contributed by atoms with Gasteiger partial charge in [0, 0.05) is 12.0 Å². The van der Waals surface area contributed by atoms with Crippen LogP contribution in [0, 0.1) is 0 Å². The van der Waals surface area contributed by atoms with Crippen molar-refractivity contribution < 1.29 is 4.42 Å². The van der Waals surface area contributed by atoms with Crippen molar-refractivity contribution in [3.8, 4) is 0 Å². The number of hydrogen-bond acceptors (Lipinski definition) is 3. The summed E-state index contributed by atoms with van der Waals surface area (Å²) in [6.07, 6.45) is 4.35. The molecule has 2 N–H and O–H groups in total. The van der Waals surface area contributed by atoms with E-state index in [1.54, 1.807) is 0 Å². The van der Waals surface area contributed by atoms with Crippen LogP contribution in [0.2, 0.25) is 0 Å². The molecule has 0 saturated heterocycles. The minimum absolute atomic E-state index is 0.144. The van der Waals surface area contributed by atoms with E-state index < -0.39 is 0 Å². The molecule has 1 heterocycles. The molecule has 1 aliphatic rings. The molecule has 0 spiro atoms. The maximum absolute atomic E-state index is 5.97. The maximum Gasteiger partial charge on any atom is 0.198 e. The van der Waals surface area contributed by atoms with Gasteiger partial charge in [0.1, 0.15) is 5.52 Å². The van der Waals surface area contributed by atoms with E-state index in [0.29, 0.717) is 12.0 Å². The summed E-state index contributed by atoms with van der Waals surface area (Å²) in [5.41, 5.74) is 9.31. The van der Waals surface area contributed by atoms with Crippen LogP contribution in [0.25, 0.3) is 11.1 Å². The minimum Gasteiger partial charge on any atom is -0.440 e. The molecule has 1 aromatic heterocycles. The topological polar surface area (TPSA) is 52.0 Å². The molecular weight excluding hydrogens is 248 g/mol. The molecule has 0 bridgehead atoms. The van der Waals surface area contributed by atoms with Crippen molar-refractivity contribution in [2.75, 3.05) is 0 Å². The van der Waals surface area contributed by atoms with Crippen LogP contribution < -0.4 is 5.73 Å². The first-order chi connectivity index (χ1) is 9.43. The smallest absolute Gasteiger partial charge is 0.198 e. The number of hydrogen-bond donors (Lipinski definition) is 1. The van der Waals surface area contributed by atoms with E-state index in [0.717, 1.165) is 42.7 Å². The molecule has 1 fully saturated rings. The highest BCUT2D eigenvalue weighted by Crippen LogP contribution is 2.34. The fraction of sp³-hybridized carbons (Fsp3) is 0.588. The summed E-state index contributed by atoms with van der Waals surface area (Å²) in [7, 11) is 0. The van der Waals surface area contributed by atoms with Crippen molar-refractivity contribution in [2.45, 2.75) is 63.8 Å². The van der Waals surface area contributed by atoms with Gasteiger partial charge in [0.2, 0.25) is 0 Å². The molecule has 0 radical (unpaired) electrons. The van der Waals surface area contributed by atoms with Crippen molar-refractivity contribution in [3.05, 3.63) is 29.7 Å². The van der Waals surface area contributed by atoms with Crippen LogP contribution in [0.15, 0.2) is 22.6 Å². The zero-order valence-electron chi connectivity index (χ0n) is 12.6. The monoisotopic (exact) mass is 272 g/mol. The third-order valence-electron chi connectivity index (χ3n) is 4.39. The van der Waals surface area contributed by atoms with Crippen LogP contribution in [-0.4, -0.2) is 11.0 Å². The zero-order valence-corrected chi connectivity index (χ0v) is 12.6. The van der Waals surface area contributed by atoms with Gasteiger partial charge in [-0.15, -0.1) is 0 Å². The lowest BCUT2D eigenvalue weighted by atomic mass is 9.86. The van der Waals surface area contributed by atoms with Gasteiger partial charge in [0.25, 0.3) is 0 Å². The third-order valence-corrected chi connectivity index (χ3v) is 4.39. The van der Waals surface area contributed by atoms with Gasteiger partial charge in [-0.3, -0.25) is 0 Å². The van der Waals surface area contributed by atoms with Gasteiger partial charge < -0.3 is 10.2 Å². The summed E-state index contributed by atoms with van der Waals surface area (Å²) in [5.74, 6) is 1.35. The van der Waals surface area contributed by atoms with Crippen molar-refractivity contribution in [3.63, 3.8) is 0 Å². The van der Waals surface area contributed by atoms with Crippen molar-refractivity contribution in [1.82, 2.24) is 4.98 Å². The molecule has 3 nitrogen and oxygen atoms in total. The van der Waals surface area contributed by atoms with Crippen molar-refractivity contribution in [1.29, 1.82) is 0 Å². The molecule has 0 unspecified atom stereocenters. The van der Waals surface area contributed by atoms with Crippen LogP contribution in [0.4, 0.5) is 0 Å². The molecule has 0 atom stereocenters. The number of fused-ring (bicyclic) bond motifs is 1. The molecule has 1 aromatic carbocycles. The second kappa shape index (κ2) is 4.88. The average Bonchev–Trinajstić information content (AvgIpc) is 2.81. The Balaban J connectivity index is 1.91. The van der Waals surface area contributed by atoms with E-state index in [1.807, 2.05) is 0 Å². The van der Waals surface area contributed by atoms with E-state index in [1.165, 1.54) is 5.56 Å². The molecule has 1 aliphatic carbocycles. The standard InChI is InChI=1S/C17H24N2O/c1-17(2,3)12-6-9-15-14(10-12)19-16(20-15)11-4-7-13(18)8-5-11/h6,9-11,13H,4-5,7-8,18H2,1-3H3. The largest absolute Gasteiger partial charge is 0.440 e. The Morgan fingerprint density at radius 1 is 1.15 bits per heavy atom. The van der Waals surface area contributed by atoms with Crippen LogP contribution in [0.3, 0.4) is 0 Å². The molecule has 108 valence electrons. The van der Waals surface area contributed by atoms with E-state index in [4.69, 9.17) is 15.1 Å². The van der Waals surface area contributed by atoms with Crippen LogP contribution in [0.5, 0.6) is 0 Å². The Hall–Kier alpha value is -1.35. The summed E-state index contributed by atoms with van der Waals surface area (Å²) >= 11 is 0. The Kier molecular flexibility index (Phi) is 3.33. The quantitative estimate of drug-likeness (QED) is 0.850. The van der Waals surface area contributed by atoms with Crippen molar-refractivity contribution >= 4 is 11.1 Å². The highest BCUT2D eigenvalue weighted by molar-refractivity contribution is 5.73. The Morgan fingerprint density at radius 3 is 2.50 bits per heavy atom.